The molecule has 2 rings (SSSR count). The summed E-state index contributed by atoms with van der Waals surface area (Å²) in [6, 6.07) is 8.29. The molecule has 1 aromatic heterocycles. The Balaban J connectivity index is 2.87. The van der Waals surface area contributed by atoms with Crippen LogP contribution in [0.1, 0.15) is 31.9 Å². The molecular weight excluding hydrogens is 222 g/mol. The summed E-state index contributed by atoms with van der Waals surface area (Å²) in [6.45, 7) is 6.50. The Kier molecular flexibility index (Phi) is 2.96. The van der Waals surface area contributed by atoms with Crippen molar-refractivity contribution in [1.82, 2.24) is 4.98 Å². The van der Waals surface area contributed by atoms with Crippen LogP contribution in [-0.4, -0.2) is 12.0 Å². The van der Waals surface area contributed by atoms with Crippen molar-refractivity contribution in [1.29, 1.82) is 5.26 Å². The number of aromatic nitrogens is 1. The van der Waals surface area contributed by atoms with Crippen LogP contribution in [0.3, 0.4) is 0 Å². The van der Waals surface area contributed by atoms with Crippen LogP contribution < -0.4 is 5.32 Å². The normalized spacial score (nSPS) is 11.3. The molecule has 1 heterocycles. The third-order valence-electron chi connectivity index (χ3n) is 3.08. The highest BCUT2D eigenvalue weighted by Crippen LogP contribution is 2.33. The molecule has 0 aliphatic carbocycles. The summed E-state index contributed by atoms with van der Waals surface area (Å²) >= 11 is 0. The lowest BCUT2D eigenvalue weighted by atomic mass is 9.85. The van der Waals surface area contributed by atoms with Gasteiger partial charge in [-0.15, -0.1) is 0 Å². The fourth-order valence-electron chi connectivity index (χ4n) is 2.18. The second kappa shape index (κ2) is 4.30. The second-order valence-electron chi connectivity index (χ2n) is 5.36. The molecular formula is C15H17N3. The molecule has 0 aliphatic rings. The number of hydrogen-bond donors (Lipinski definition) is 1. The summed E-state index contributed by atoms with van der Waals surface area (Å²) in [5.41, 5.74) is 3.63. The molecule has 18 heavy (non-hydrogen) atoms. The molecule has 3 heteroatoms. The molecule has 2 aromatic rings. The number of para-hydroxylation sites is 1. The number of pyridine rings is 1. The van der Waals surface area contributed by atoms with Gasteiger partial charge in [0, 0.05) is 18.6 Å². The monoisotopic (exact) mass is 239 g/mol. The SMILES string of the molecule is CNc1c(C#N)cnc2c(C(C)(C)C)cccc12. The lowest BCUT2D eigenvalue weighted by Crippen LogP contribution is -2.12. The van der Waals surface area contributed by atoms with Crippen LogP contribution in [0, 0.1) is 11.3 Å². The first-order valence-electron chi connectivity index (χ1n) is 5.99. The first-order chi connectivity index (χ1) is 8.49. The van der Waals surface area contributed by atoms with Gasteiger partial charge in [-0.2, -0.15) is 5.26 Å². The second-order valence-corrected chi connectivity index (χ2v) is 5.36. The maximum atomic E-state index is 9.11. The van der Waals surface area contributed by atoms with Gasteiger partial charge in [-0.25, -0.2) is 0 Å². The smallest absolute Gasteiger partial charge is 0.103 e. The van der Waals surface area contributed by atoms with Gasteiger partial charge in [0.25, 0.3) is 0 Å². The average Bonchev–Trinajstić information content (AvgIpc) is 2.35. The molecule has 1 N–H and O–H groups in total. The highest BCUT2D eigenvalue weighted by atomic mass is 14.8. The predicted molar refractivity (Wildman–Crippen MR) is 74.7 cm³/mol. The molecule has 0 saturated carbocycles. The third kappa shape index (κ3) is 1.91. The van der Waals surface area contributed by atoms with Gasteiger partial charge in [0.2, 0.25) is 0 Å². The Morgan fingerprint density at radius 3 is 2.56 bits per heavy atom. The minimum Gasteiger partial charge on any atom is -0.386 e. The van der Waals surface area contributed by atoms with Crippen LogP contribution in [0.25, 0.3) is 10.9 Å². The van der Waals surface area contributed by atoms with Crippen molar-refractivity contribution in [3.63, 3.8) is 0 Å². The van der Waals surface area contributed by atoms with E-state index in [1.807, 2.05) is 19.2 Å². The van der Waals surface area contributed by atoms with Crippen molar-refractivity contribution in [2.75, 3.05) is 12.4 Å². The van der Waals surface area contributed by atoms with Crippen molar-refractivity contribution >= 4 is 16.6 Å². The zero-order chi connectivity index (χ0) is 13.3. The number of anilines is 1. The molecule has 1 aromatic carbocycles. The Hall–Kier alpha value is -2.08. The molecule has 0 saturated heterocycles. The first-order valence-corrected chi connectivity index (χ1v) is 5.99. The number of nitriles is 1. The van der Waals surface area contributed by atoms with E-state index in [9.17, 15) is 0 Å². The Morgan fingerprint density at radius 1 is 1.28 bits per heavy atom. The topological polar surface area (TPSA) is 48.7 Å². The summed E-state index contributed by atoms with van der Waals surface area (Å²) in [7, 11) is 1.83. The molecule has 0 bridgehead atoms. The van der Waals surface area contributed by atoms with Crippen LogP contribution in [0.15, 0.2) is 24.4 Å². The van der Waals surface area contributed by atoms with Gasteiger partial charge in [-0.05, 0) is 11.0 Å². The summed E-state index contributed by atoms with van der Waals surface area (Å²) in [5, 5.41) is 13.2. The Bertz CT molecular complexity index is 630. The van der Waals surface area contributed by atoms with E-state index in [1.165, 1.54) is 5.56 Å². The number of fused-ring (bicyclic) bond motifs is 1. The molecule has 0 spiro atoms. The van der Waals surface area contributed by atoms with Crippen LogP contribution in [0.5, 0.6) is 0 Å². The van der Waals surface area contributed by atoms with E-state index in [2.05, 4.69) is 43.2 Å². The van der Waals surface area contributed by atoms with E-state index in [0.717, 1.165) is 16.6 Å². The molecule has 92 valence electrons. The van der Waals surface area contributed by atoms with Gasteiger partial charge in [0.15, 0.2) is 0 Å². The van der Waals surface area contributed by atoms with Crippen LogP contribution in [0.4, 0.5) is 5.69 Å². The third-order valence-corrected chi connectivity index (χ3v) is 3.08. The summed E-state index contributed by atoms with van der Waals surface area (Å²) < 4.78 is 0. The highest BCUT2D eigenvalue weighted by molar-refractivity contribution is 5.96. The summed E-state index contributed by atoms with van der Waals surface area (Å²) in [5.74, 6) is 0. The van der Waals surface area contributed by atoms with Crippen LogP contribution in [-0.2, 0) is 5.41 Å². The standard InChI is InChI=1S/C15H17N3/c1-15(2,3)12-7-5-6-11-13(17-4)10(8-16)9-18-14(11)12/h5-7,9H,1-4H3,(H,17,18). The van der Waals surface area contributed by atoms with Crippen molar-refractivity contribution in [3.8, 4) is 6.07 Å². The molecule has 0 unspecified atom stereocenters. The predicted octanol–water partition coefficient (Wildman–Crippen LogP) is 3.45. The van der Waals surface area contributed by atoms with E-state index < -0.39 is 0 Å². The maximum absolute atomic E-state index is 9.11. The maximum Gasteiger partial charge on any atom is 0.103 e. The molecule has 0 radical (unpaired) electrons. The van der Waals surface area contributed by atoms with E-state index in [1.54, 1.807) is 6.20 Å². The van der Waals surface area contributed by atoms with Crippen LogP contribution in [0.2, 0.25) is 0 Å². The molecule has 0 atom stereocenters. The molecule has 3 nitrogen and oxygen atoms in total. The fourth-order valence-corrected chi connectivity index (χ4v) is 2.18. The van der Waals surface area contributed by atoms with Crippen LogP contribution >= 0.6 is 0 Å². The van der Waals surface area contributed by atoms with E-state index in [-0.39, 0.29) is 5.41 Å². The van der Waals surface area contributed by atoms with E-state index in [0.29, 0.717) is 5.56 Å². The fraction of sp³-hybridized carbons (Fsp3) is 0.333. The number of hydrogen-bond acceptors (Lipinski definition) is 3. The highest BCUT2D eigenvalue weighted by Gasteiger charge is 2.19. The van der Waals surface area contributed by atoms with E-state index >= 15 is 0 Å². The van der Waals surface area contributed by atoms with E-state index in [4.69, 9.17) is 5.26 Å². The first kappa shape index (κ1) is 12.4. The number of nitrogens with zero attached hydrogens (tertiary/aromatic N) is 2. The number of rotatable bonds is 1. The zero-order valence-electron chi connectivity index (χ0n) is 11.2. The van der Waals surface area contributed by atoms with Crippen molar-refractivity contribution in [2.45, 2.75) is 26.2 Å². The summed E-state index contributed by atoms with van der Waals surface area (Å²) in [6.07, 6.45) is 1.64. The molecule has 0 amide bonds. The van der Waals surface area contributed by atoms with Crippen molar-refractivity contribution in [3.05, 3.63) is 35.5 Å². The molecule has 0 fully saturated rings. The van der Waals surface area contributed by atoms with Gasteiger partial charge in [0.1, 0.15) is 6.07 Å². The quantitative estimate of drug-likeness (QED) is 0.829. The number of benzene rings is 1. The Morgan fingerprint density at radius 2 is 2.00 bits per heavy atom. The Labute approximate surface area is 107 Å². The zero-order valence-corrected chi connectivity index (χ0v) is 11.2. The lowest BCUT2D eigenvalue weighted by Gasteiger charge is -2.21. The average molecular weight is 239 g/mol. The largest absolute Gasteiger partial charge is 0.386 e. The van der Waals surface area contributed by atoms with Gasteiger partial charge >= 0.3 is 0 Å². The molecule has 0 aliphatic heterocycles. The minimum atomic E-state index is 0.0334. The van der Waals surface area contributed by atoms with Gasteiger partial charge < -0.3 is 5.32 Å². The van der Waals surface area contributed by atoms with Gasteiger partial charge in [0.05, 0.1) is 16.8 Å². The number of nitrogens with one attached hydrogen (secondary N) is 1. The summed E-state index contributed by atoms with van der Waals surface area (Å²) in [4.78, 5) is 4.46. The van der Waals surface area contributed by atoms with Crippen molar-refractivity contribution in [2.24, 2.45) is 0 Å². The van der Waals surface area contributed by atoms with Gasteiger partial charge in [-0.3, -0.25) is 4.98 Å². The minimum absolute atomic E-state index is 0.0334. The lowest BCUT2D eigenvalue weighted by molar-refractivity contribution is 0.594. The van der Waals surface area contributed by atoms with Crippen molar-refractivity contribution < 1.29 is 0 Å². The van der Waals surface area contributed by atoms with Gasteiger partial charge in [-0.1, -0.05) is 39.0 Å².